The molecule has 0 aromatic carbocycles. The number of carbonyl (C=O) groups is 1. The van der Waals surface area contributed by atoms with E-state index in [9.17, 15) is 9.90 Å². The third kappa shape index (κ3) is 2.06. The van der Waals surface area contributed by atoms with Crippen molar-refractivity contribution in [2.45, 2.75) is 43.6 Å². The van der Waals surface area contributed by atoms with Crippen molar-refractivity contribution < 1.29 is 14.9 Å². The molecule has 1 heterocycles. The zero-order valence-corrected chi connectivity index (χ0v) is 11.0. The smallest absolute Gasteiger partial charge is 0.324 e. The minimum Gasteiger partial charge on any atom is -0.480 e. The molecular weight excluding hydrogens is 231 g/mol. The van der Waals surface area contributed by atoms with Gasteiger partial charge in [-0.15, -0.1) is 0 Å². The summed E-state index contributed by atoms with van der Waals surface area (Å²) in [4.78, 5) is 13.9. The van der Waals surface area contributed by atoms with Crippen molar-refractivity contribution in [2.24, 2.45) is 17.6 Å². The molecule has 4 N–H and O–H groups in total. The Morgan fingerprint density at radius 3 is 2.94 bits per heavy atom. The molecule has 4 atom stereocenters. The predicted octanol–water partition coefficient (Wildman–Crippen LogP) is -0.349. The molecule has 2 fully saturated rings. The van der Waals surface area contributed by atoms with Gasteiger partial charge >= 0.3 is 5.97 Å². The van der Waals surface area contributed by atoms with E-state index in [0.717, 1.165) is 38.5 Å². The number of hydrogen-bond donors (Lipinski definition) is 3. The summed E-state index contributed by atoms with van der Waals surface area (Å²) in [5.41, 5.74) is 5.22. The fourth-order valence-electron chi connectivity index (χ4n) is 3.89. The SMILES string of the molecule is CN1CCC2C1CC(CCCBO)C2(N)C(=O)O. The first-order valence-corrected chi connectivity index (χ1v) is 6.85. The second-order valence-electron chi connectivity index (χ2n) is 5.83. The maximum absolute atomic E-state index is 11.6. The number of nitrogens with zero attached hydrogens (tertiary/aromatic N) is 1. The first-order chi connectivity index (χ1) is 8.51. The van der Waals surface area contributed by atoms with E-state index in [1.165, 1.54) is 0 Å². The van der Waals surface area contributed by atoms with Crippen LogP contribution < -0.4 is 5.73 Å². The minimum absolute atomic E-state index is 0.0410. The van der Waals surface area contributed by atoms with Gasteiger partial charge in [-0.2, -0.15) is 0 Å². The summed E-state index contributed by atoms with van der Waals surface area (Å²) in [5.74, 6) is -0.724. The molecule has 2 rings (SSSR count). The third-order valence-corrected chi connectivity index (χ3v) is 4.97. The Morgan fingerprint density at radius 2 is 2.33 bits per heavy atom. The van der Waals surface area contributed by atoms with E-state index in [0.29, 0.717) is 6.04 Å². The van der Waals surface area contributed by atoms with Crippen molar-refractivity contribution in [1.29, 1.82) is 0 Å². The first kappa shape index (κ1) is 13.8. The van der Waals surface area contributed by atoms with Gasteiger partial charge in [-0.05, 0) is 38.8 Å². The molecule has 0 amide bonds. The second kappa shape index (κ2) is 5.19. The summed E-state index contributed by atoms with van der Waals surface area (Å²) < 4.78 is 0. The van der Waals surface area contributed by atoms with Gasteiger partial charge in [0.15, 0.2) is 0 Å². The Hall–Kier alpha value is -0.585. The largest absolute Gasteiger partial charge is 0.480 e. The highest BCUT2D eigenvalue weighted by atomic mass is 16.4. The van der Waals surface area contributed by atoms with Crippen LogP contribution in [0.2, 0.25) is 6.32 Å². The van der Waals surface area contributed by atoms with Gasteiger partial charge < -0.3 is 20.8 Å². The van der Waals surface area contributed by atoms with Crippen molar-refractivity contribution in [1.82, 2.24) is 4.90 Å². The highest BCUT2D eigenvalue weighted by Gasteiger charge is 2.59. The Bertz CT molecular complexity index is 328. The van der Waals surface area contributed by atoms with Gasteiger partial charge in [0.1, 0.15) is 5.54 Å². The minimum atomic E-state index is -1.06. The maximum Gasteiger partial charge on any atom is 0.324 e. The number of rotatable bonds is 5. The number of carboxylic acids is 1. The summed E-state index contributed by atoms with van der Waals surface area (Å²) in [7, 11) is 2.23. The zero-order chi connectivity index (χ0) is 13.3. The van der Waals surface area contributed by atoms with E-state index in [2.05, 4.69) is 11.9 Å². The monoisotopic (exact) mass is 254 g/mol. The number of fused-ring (bicyclic) bond motifs is 1. The van der Waals surface area contributed by atoms with Crippen LogP contribution in [-0.2, 0) is 4.79 Å². The molecule has 1 aliphatic heterocycles. The molecule has 102 valence electrons. The lowest BCUT2D eigenvalue weighted by molar-refractivity contribution is -0.146. The van der Waals surface area contributed by atoms with Crippen molar-refractivity contribution in [2.75, 3.05) is 13.6 Å². The van der Waals surface area contributed by atoms with Gasteiger partial charge in [-0.3, -0.25) is 4.79 Å². The zero-order valence-electron chi connectivity index (χ0n) is 11.0. The molecule has 0 aromatic heterocycles. The standard InChI is InChI=1S/C12H23BN2O3/c1-15-6-4-9-10(15)7-8(3-2-5-13-18)12(9,14)11(16)17/h8-10,13,18H,2-7,14H2,1H3,(H,16,17). The Labute approximate surface area is 109 Å². The van der Waals surface area contributed by atoms with Crippen LogP contribution in [0.5, 0.6) is 0 Å². The van der Waals surface area contributed by atoms with Crippen LogP contribution in [0.3, 0.4) is 0 Å². The lowest BCUT2D eigenvalue weighted by atomic mass is 9.77. The van der Waals surface area contributed by atoms with Crippen LogP contribution in [0.25, 0.3) is 0 Å². The highest BCUT2D eigenvalue weighted by Crippen LogP contribution is 2.48. The average Bonchev–Trinajstić information content (AvgIpc) is 2.81. The Morgan fingerprint density at radius 1 is 1.61 bits per heavy atom. The molecule has 4 unspecified atom stereocenters. The normalized spacial score (nSPS) is 39.8. The molecule has 1 saturated heterocycles. The molecule has 18 heavy (non-hydrogen) atoms. The average molecular weight is 254 g/mol. The molecule has 2 aliphatic rings. The van der Waals surface area contributed by atoms with Crippen molar-refractivity contribution in [3.05, 3.63) is 0 Å². The van der Waals surface area contributed by atoms with Gasteiger partial charge in [-0.1, -0.05) is 12.7 Å². The maximum atomic E-state index is 11.6. The Balaban J connectivity index is 2.12. The van der Waals surface area contributed by atoms with Gasteiger partial charge in [-0.25, -0.2) is 0 Å². The number of carboxylic acid groups (broad SMARTS) is 1. The molecule has 5 nitrogen and oxygen atoms in total. The fraction of sp³-hybridized carbons (Fsp3) is 0.917. The predicted molar refractivity (Wildman–Crippen MR) is 70.6 cm³/mol. The Kier molecular flexibility index (Phi) is 3.99. The van der Waals surface area contributed by atoms with Crippen LogP contribution in [0, 0.1) is 11.8 Å². The number of likely N-dealkylation sites (tertiary alicyclic amines) is 1. The van der Waals surface area contributed by atoms with Crippen LogP contribution in [0.15, 0.2) is 0 Å². The van der Waals surface area contributed by atoms with E-state index in [-0.39, 0.29) is 19.3 Å². The van der Waals surface area contributed by atoms with Gasteiger partial charge in [0, 0.05) is 12.0 Å². The number of hydrogen-bond acceptors (Lipinski definition) is 4. The molecule has 1 aliphatic carbocycles. The second-order valence-corrected chi connectivity index (χ2v) is 5.83. The van der Waals surface area contributed by atoms with Gasteiger partial charge in [0.25, 0.3) is 7.48 Å². The van der Waals surface area contributed by atoms with E-state index >= 15 is 0 Å². The van der Waals surface area contributed by atoms with E-state index in [1.54, 1.807) is 0 Å². The van der Waals surface area contributed by atoms with Crippen LogP contribution in [0.1, 0.15) is 25.7 Å². The topological polar surface area (TPSA) is 86.8 Å². The molecular formula is C12H23BN2O3. The molecule has 1 saturated carbocycles. The number of nitrogens with two attached hydrogens (primary N) is 1. The van der Waals surface area contributed by atoms with Gasteiger partial charge in [0.05, 0.1) is 0 Å². The van der Waals surface area contributed by atoms with Crippen molar-refractivity contribution in [3.63, 3.8) is 0 Å². The first-order valence-electron chi connectivity index (χ1n) is 6.85. The third-order valence-electron chi connectivity index (χ3n) is 4.97. The van der Waals surface area contributed by atoms with E-state index in [4.69, 9.17) is 10.8 Å². The summed E-state index contributed by atoms with van der Waals surface area (Å²) in [6, 6.07) is 0.324. The molecule has 6 heteroatoms. The van der Waals surface area contributed by atoms with Crippen LogP contribution in [-0.4, -0.2) is 53.7 Å². The lowest BCUT2D eigenvalue weighted by Gasteiger charge is -2.31. The quantitative estimate of drug-likeness (QED) is 0.461. The number of aliphatic carboxylic acids is 1. The molecule has 0 spiro atoms. The van der Waals surface area contributed by atoms with E-state index < -0.39 is 11.5 Å². The molecule has 0 bridgehead atoms. The summed E-state index contributed by atoms with van der Waals surface area (Å²) in [6.45, 7) is 0.949. The van der Waals surface area contributed by atoms with Crippen molar-refractivity contribution in [3.8, 4) is 0 Å². The van der Waals surface area contributed by atoms with Crippen LogP contribution >= 0.6 is 0 Å². The molecule has 0 aromatic rings. The highest BCUT2D eigenvalue weighted by molar-refractivity contribution is 6.25. The lowest BCUT2D eigenvalue weighted by Crippen LogP contribution is -2.56. The fourth-order valence-corrected chi connectivity index (χ4v) is 3.89. The summed E-state index contributed by atoms with van der Waals surface area (Å²) >= 11 is 0. The van der Waals surface area contributed by atoms with Crippen LogP contribution in [0.4, 0.5) is 0 Å². The van der Waals surface area contributed by atoms with Gasteiger partial charge in [0.2, 0.25) is 0 Å². The van der Waals surface area contributed by atoms with Crippen molar-refractivity contribution >= 4 is 13.5 Å². The summed E-state index contributed by atoms with van der Waals surface area (Å²) in [5, 5.41) is 18.4. The van der Waals surface area contributed by atoms with E-state index in [1.807, 2.05) is 0 Å². The molecule has 0 radical (unpaired) electrons. The summed E-state index contributed by atoms with van der Waals surface area (Å²) in [6.07, 6.45) is 4.17.